The molecule has 0 rings (SSSR count). The van der Waals surface area contributed by atoms with Crippen molar-refractivity contribution in [2.75, 3.05) is 27.7 Å². The molecule has 2 unspecified atom stereocenters. The summed E-state index contributed by atoms with van der Waals surface area (Å²) in [5, 5.41) is 0. The summed E-state index contributed by atoms with van der Waals surface area (Å²) in [5.74, 6) is -0.352. The first-order valence-electron chi connectivity index (χ1n) is 13.3. The second-order valence-electron chi connectivity index (χ2n) is 10.1. The maximum atomic E-state index is 12.5. The van der Waals surface area contributed by atoms with Crippen LogP contribution in [0.1, 0.15) is 116 Å². The fourth-order valence-electron chi connectivity index (χ4n) is 4.24. The lowest BCUT2D eigenvalue weighted by Crippen LogP contribution is -2.44. The summed E-state index contributed by atoms with van der Waals surface area (Å²) >= 11 is 0. The molecular formula is C27H55NO3P+. The lowest BCUT2D eigenvalue weighted by atomic mass is 10.1. The minimum absolute atomic E-state index is 0.352. The van der Waals surface area contributed by atoms with Gasteiger partial charge in [-0.05, 0) is 44.9 Å². The Morgan fingerprint density at radius 3 is 1.59 bits per heavy atom. The van der Waals surface area contributed by atoms with Crippen molar-refractivity contribution in [1.82, 2.24) is 0 Å². The van der Waals surface area contributed by atoms with Gasteiger partial charge in [-0.1, -0.05) is 82.9 Å². The Balaban J connectivity index is 3.46. The molecule has 0 aliphatic carbocycles. The van der Waals surface area contributed by atoms with Crippen LogP contribution in [0.25, 0.3) is 0 Å². The summed E-state index contributed by atoms with van der Waals surface area (Å²) in [6.45, 7) is 6.11. The van der Waals surface area contributed by atoms with Crippen LogP contribution < -0.4 is 0 Å². The van der Waals surface area contributed by atoms with Crippen LogP contribution >= 0.6 is 7.60 Å². The van der Waals surface area contributed by atoms with Crippen LogP contribution in [0.5, 0.6) is 0 Å². The number of hydrogen-bond donors (Lipinski definition) is 1. The van der Waals surface area contributed by atoms with Gasteiger partial charge in [-0.15, -0.1) is 6.58 Å². The summed E-state index contributed by atoms with van der Waals surface area (Å²) < 4.78 is 18.4. The third-order valence-corrected chi connectivity index (χ3v) is 8.49. The van der Waals surface area contributed by atoms with Gasteiger partial charge < -0.3 is 13.9 Å². The van der Waals surface area contributed by atoms with Crippen molar-refractivity contribution in [2.45, 2.75) is 122 Å². The van der Waals surface area contributed by atoms with E-state index >= 15 is 0 Å². The molecule has 0 heterocycles. The fraction of sp³-hybridized carbons (Fsp3) is 0.852. The van der Waals surface area contributed by atoms with E-state index in [1.165, 1.54) is 89.9 Å². The molecule has 0 aliphatic rings. The zero-order valence-electron chi connectivity index (χ0n) is 21.9. The molecule has 0 fully saturated rings. The molecule has 0 saturated carbocycles. The highest BCUT2D eigenvalue weighted by atomic mass is 31.2. The molecule has 190 valence electrons. The van der Waals surface area contributed by atoms with Crippen molar-refractivity contribution in [3.05, 3.63) is 24.8 Å². The largest absolute Gasteiger partial charge is 0.385 e. The summed E-state index contributed by atoms with van der Waals surface area (Å²) in [6.07, 6.45) is 27.4. The van der Waals surface area contributed by atoms with Gasteiger partial charge >= 0.3 is 7.60 Å². The molecule has 4 nitrogen and oxygen atoms in total. The minimum Gasteiger partial charge on any atom is -0.320 e. The molecule has 2 atom stereocenters. The maximum Gasteiger partial charge on any atom is 0.385 e. The first-order chi connectivity index (χ1) is 15.3. The van der Waals surface area contributed by atoms with Crippen molar-refractivity contribution in [3.63, 3.8) is 0 Å². The third-order valence-electron chi connectivity index (χ3n) is 6.12. The van der Waals surface area contributed by atoms with Crippen molar-refractivity contribution in [2.24, 2.45) is 0 Å². The van der Waals surface area contributed by atoms with Gasteiger partial charge in [0.2, 0.25) is 0 Å². The Morgan fingerprint density at radius 2 is 1.19 bits per heavy atom. The number of rotatable bonds is 23. The quantitative estimate of drug-likeness (QED) is 0.0700. The molecule has 0 saturated heterocycles. The van der Waals surface area contributed by atoms with Gasteiger partial charge in [0.05, 0.1) is 27.7 Å². The van der Waals surface area contributed by atoms with E-state index in [1.807, 2.05) is 34.1 Å². The van der Waals surface area contributed by atoms with Crippen LogP contribution in [-0.4, -0.2) is 42.9 Å². The number of nitrogens with zero attached hydrogens (tertiary/aromatic N) is 1. The molecule has 0 radical (unpaired) electrons. The van der Waals surface area contributed by atoms with Crippen molar-refractivity contribution in [3.8, 4) is 0 Å². The summed E-state index contributed by atoms with van der Waals surface area (Å²) in [4.78, 5) is 10.3. The first kappa shape index (κ1) is 31.6. The molecule has 32 heavy (non-hydrogen) atoms. The van der Waals surface area contributed by atoms with Crippen LogP contribution in [0, 0.1) is 0 Å². The van der Waals surface area contributed by atoms with Crippen molar-refractivity contribution in [1.29, 1.82) is 0 Å². The van der Waals surface area contributed by atoms with Gasteiger partial charge in [0.25, 0.3) is 0 Å². The molecular weight excluding hydrogens is 417 g/mol. The van der Waals surface area contributed by atoms with Crippen LogP contribution in [0.4, 0.5) is 0 Å². The molecule has 0 aliphatic heterocycles. The van der Waals surface area contributed by atoms with Crippen LogP contribution in [0.3, 0.4) is 0 Å². The molecule has 0 aromatic carbocycles. The Hall–Kier alpha value is -0.410. The van der Waals surface area contributed by atoms with E-state index < -0.39 is 7.60 Å². The van der Waals surface area contributed by atoms with Gasteiger partial charge in [0.15, 0.2) is 5.78 Å². The number of quaternary nitrogens is 1. The van der Waals surface area contributed by atoms with E-state index in [2.05, 4.69) is 18.7 Å². The predicted octanol–water partition coefficient (Wildman–Crippen LogP) is 8.61. The standard InChI is InChI=1S/C27H54NO3P/c1-6-8-9-10-11-12-13-14-15-16-17-18-19-20-21-22-23-24-25-26-31-32(29,30)27(7-2)28(3,4)5/h6,15-16,27H,1,7-14,17-26H2,2-5H3/p+1. The number of unbranched alkanes of at least 4 members (excludes halogenated alkanes) is 14. The van der Waals surface area contributed by atoms with Crippen molar-refractivity contribution >= 4 is 7.60 Å². The number of hydrogen-bond acceptors (Lipinski definition) is 2. The normalized spacial score (nSPS) is 15.2. The van der Waals surface area contributed by atoms with E-state index in [0.717, 1.165) is 12.8 Å². The van der Waals surface area contributed by atoms with Gasteiger partial charge in [-0.25, -0.2) is 0 Å². The van der Waals surface area contributed by atoms with Crippen LogP contribution in [0.15, 0.2) is 24.8 Å². The predicted molar refractivity (Wildman–Crippen MR) is 141 cm³/mol. The SMILES string of the molecule is C=CCCCCCCCC=CCCCCCCCCCCOP(=O)(O)C(CC)[N+](C)(C)C. The summed E-state index contributed by atoms with van der Waals surface area (Å²) in [5.41, 5.74) is 0. The highest BCUT2D eigenvalue weighted by Crippen LogP contribution is 2.51. The fourth-order valence-corrected chi connectivity index (χ4v) is 6.14. The highest BCUT2D eigenvalue weighted by molar-refractivity contribution is 7.53. The zero-order chi connectivity index (χ0) is 24.1. The molecule has 0 amide bonds. The first-order valence-corrected chi connectivity index (χ1v) is 14.9. The molecule has 0 aromatic rings. The topological polar surface area (TPSA) is 46.5 Å². The van der Waals surface area contributed by atoms with Gasteiger partial charge in [-0.2, -0.15) is 0 Å². The monoisotopic (exact) mass is 472 g/mol. The van der Waals surface area contributed by atoms with Gasteiger partial charge in [0.1, 0.15) is 0 Å². The molecule has 5 heteroatoms. The lowest BCUT2D eigenvalue weighted by molar-refractivity contribution is -0.883. The average Bonchev–Trinajstić information content (AvgIpc) is 2.71. The van der Waals surface area contributed by atoms with Gasteiger partial charge in [-0.3, -0.25) is 4.57 Å². The lowest BCUT2D eigenvalue weighted by Gasteiger charge is -2.35. The van der Waals surface area contributed by atoms with Crippen molar-refractivity contribution < 1.29 is 18.5 Å². The smallest absolute Gasteiger partial charge is 0.320 e. The van der Waals surface area contributed by atoms with Gasteiger partial charge in [0, 0.05) is 6.42 Å². The minimum atomic E-state index is -3.55. The van der Waals surface area contributed by atoms with E-state index in [4.69, 9.17) is 4.52 Å². The molecule has 0 bridgehead atoms. The molecule has 1 N–H and O–H groups in total. The Labute approximate surface area is 200 Å². The number of allylic oxidation sites excluding steroid dienone is 3. The Bertz CT molecular complexity index is 514. The van der Waals surface area contributed by atoms with E-state index in [1.54, 1.807) is 0 Å². The van der Waals surface area contributed by atoms with Crippen LogP contribution in [0.2, 0.25) is 0 Å². The Kier molecular flexibility index (Phi) is 19.7. The molecule has 0 aromatic heterocycles. The Morgan fingerprint density at radius 1 is 0.781 bits per heavy atom. The van der Waals surface area contributed by atoms with E-state index in [9.17, 15) is 9.46 Å². The van der Waals surface area contributed by atoms with E-state index in [-0.39, 0.29) is 5.78 Å². The second kappa shape index (κ2) is 20.0. The second-order valence-corrected chi connectivity index (χ2v) is 12.1. The van der Waals surface area contributed by atoms with Crippen LogP contribution in [-0.2, 0) is 9.09 Å². The summed E-state index contributed by atoms with van der Waals surface area (Å²) in [7, 11) is 2.30. The third kappa shape index (κ3) is 18.1. The summed E-state index contributed by atoms with van der Waals surface area (Å²) in [6, 6.07) is 0. The average molecular weight is 473 g/mol. The maximum absolute atomic E-state index is 12.5. The van der Waals surface area contributed by atoms with E-state index in [0.29, 0.717) is 17.5 Å². The molecule has 0 spiro atoms. The zero-order valence-corrected chi connectivity index (χ0v) is 22.8. The highest BCUT2D eigenvalue weighted by Gasteiger charge is 2.41.